The van der Waals surface area contributed by atoms with Gasteiger partial charge in [0, 0.05) is 17.3 Å². The van der Waals surface area contributed by atoms with Crippen LogP contribution < -0.4 is 10.6 Å². The van der Waals surface area contributed by atoms with Gasteiger partial charge in [0.05, 0.1) is 12.1 Å². The molecule has 1 aromatic carbocycles. The lowest BCUT2D eigenvalue weighted by molar-refractivity contribution is -0.124. The molecule has 1 aliphatic heterocycles. The van der Waals surface area contributed by atoms with Gasteiger partial charge in [0.25, 0.3) is 0 Å². The lowest BCUT2D eigenvalue weighted by atomic mass is 9.96. The summed E-state index contributed by atoms with van der Waals surface area (Å²) >= 11 is 1.31. The van der Waals surface area contributed by atoms with Crippen molar-refractivity contribution >= 4 is 17.2 Å². The molecule has 0 unspecified atom stereocenters. The molecule has 1 aromatic heterocycles. The standard InChI is InChI=1S/C22H19FN4OS/c23-18-6-12(20-4-3-14(10-25)29-20)2-1-11(18)5-13(9-24)26-22(28)21-17-8-19(27-21)16-7-15(16)17/h1-4,6,13,15-17,19,21,27H,5,7-8H2,(H,26,28)/t13-,15+,16-,17+,19-,21-/m0/s1. The fourth-order valence-corrected chi connectivity index (χ4v) is 5.86. The molecule has 5 rings (SSSR count). The molecule has 7 heteroatoms. The van der Waals surface area contributed by atoms with Crippen molar-refractivity contribution in [2.75, 3.05) is 0 Å². The van der Waals surface area contributed by atoms with Crippen molar-refractivity contribution < 1.29 is 9.18 Å². The third-order valence-corrected chi connectivity index (χ3v) is 7.58. The first-order chi connectivity index (χ1) is 14.1. The summed E-state index contributed by atoms with van der Waals surface area (Å²) in [6.07, 6.45) is 2.39. The molecule has 29 heavy (non-hydrogen) atoms. The Hall–Kier alpha value is -2.74. The molecule has 0 spiro atoms. The highest BCUT2D eigenvalue weighted by Crippen LogP contribution is 2.59. The molecule has 146 valence electrons. The van der Waals surface area contributed by atoms with Gasteiger partial charge < -0.3 is 10.6 Å². The molecule has 2 saturated carbocycles. The van der Waals surface area contributed by atoms with Crippen LogP contribution in [0.3, 0.4) is 0 Å². The molecule has 6 atom stereocenters. The number of hydrogen-bond donors (Lipinski definition) is 2. The minimum Gasteiger partial charge on any atom is -0.339 e. The van der Waals surface area contributed by atoms with Gasteiger partial charge in [0.2, 0.25) is 5.91 Å². The van der Waals surface area contributed by atoms with Crippen molar-refractivity contribution in [3.05, 3.63) is 46.6 Å². The lowest BCUT2D eigenvalue weighted by Gasteiger charge is -2.23. The quantitative estimate of drug-likeness (QED) is 0.799. The van der Waals surface area contributed by atoms with Crippen molar-refractivity contribution in [2.24, 2.45) is 17.8 Å². The molecule has 1 saturated heterocycles. The van der Waals surface area contributed by atoms with E-state index in [-0.39, 0.29) is 18.4 Å². The van der Waals surface area contributed by atoms with E-state index in [9.17, 15) is 14.4 Å². The second kappa shape index (κ2) is 6.95. The van der Waals surface area contributed by atoms with Crippen LogP contribution in [0.2, 0.25) is 0 Å². The van der Waals surface area contributed by atoms with E-state index >= 15 is 0 Å². The fraction of sp³-hybridized carbons (Fsp3) is 0.409. The summed E-state index contributed by atoms with van der Waals surface area (Å²) < 4.78 is 14.6. The number of nitrogens with zero attached hydrogens (tertiary/aromatic N) is 2. The molecule has 3 aliphatic rings. The predicted octanol–water partition coefficient (Wildman–Crippen LogP) is 2.97. The lowest BCUT2D eigenvalue weighted by Crippen LogP contribution is -2.51. The largest absolute Gasteiger partial charge is 0.339 e. The highest BCUT2D eigenvalue weighted by molar-refractivity contribution is 7.16. The van der Waals surface area contributed by atoms with E-state index in [4.69, 9.17) is 5.26 Å². The van der Waals surface area contributed by atoms with Crippen LogP contribution in [-0.2, 0) is 11.2 Å². The number of nitrogens with one attached hydrogen (secondary N) is 2. The first-order valence-corrected chi connectivity index (χ1v) is 10.6. The Kier molecular flexibility index (Phi) is 4.38. The highest BCUT2D eigenvalue weighted by atomic mass is 32.1. The summed E-state index contributed by atoms with van der Waals surface area (Å²) in [4.78, 5) is 14.1. The summed E-state index contributed by atoms with van der Waals surface area (Å²) in [5.41, 5.74) is 1.08. The summed E-state index contributed by atoms with van der Waals surface area (Å²) in [5, 5.41) is 24.6. The van der Waals surface area contributed by atoms with E-state index in [2.05, 4.69) is 22.8 Å². The maximum absolute atomic E-state index is 14.6. The molecular weight excluding hydrogens is 387 g/mol. The Morgan fingerprint density at radius 3 is 2.76 bits per heavy atom. The van der Waals surface area contributed by atoms with E-state index < -0.39 is 11.9 Å². The summed E-state index contributed by atoms with van der Waals surface area (Å²) in [5.74, 6) is 1.23. The molecule has 2 aliphatic carbocycles. The SMILES string of the molecule is N#Cc1ccc(-c2ccc(C[C@@H](C#N)NC(=O)[C@H]3N[C@H]4C[C@@H]3[C@@H]3C[C@@H]34)c(F)c2)s1. The zero-order chi connectivity index (χ0) is 20.1. The van der Waals surface area contributed by atoms with Crippen LogP contribution in [0.15, 0.2) is 30.3 Å². The van der Waals surface area contributed by atoms with Crippen molar-refractivity contribution in [2.45, 2.75) is 37.4 Å². The molecule has 5 nitrogen and oxygen atoms in total. The molecule has 2 N–H and O–H groups in total. The predicted molar refractivity (Wildman–Crippen MR) is 106 cm³/mol. The van der Waals surface area contributed by atoms with E-state index in [1.807, 2.05) is 0 Å². The zero-order valence-corrected chi connectivity index (χ0v) is 16.4. The first-order valence-electron chi connectivity index (χ1n) is 9.82. The maximum atomic E-state index is 14.6. The van der Waals surface area contributed by atoms with E-state index in [0.717, 1.165) is 17.2 Å². The van der Waals surface area contributed by atoms with Gasteiger partial charge in [-0.25, -0.2) is 4.39 Å². The monoisotopic (exact) mass is 406 g/mol. The van der Waals surface area contributed by atoms with Gasteiger partial charge in [0.1, 0.15) is 22.8 Å². The topological polar surface area (TPSA) is 88.7 Å². The number of fused-ring (bicyclic) bond motifs is 5. The van der Waals surface area contributed by atoms with Gasteiger partial charge in [-0.3, -0.25) is 4.79 Å². The average molecular weight is 406 g/mol. The molecule has 2 bridgehead atoms. The Bertz CT molecular complexity index is 1070. The van der Waals surface area contributed by atoms with Gasteiger partial charge in [-0.15, -0.1) is 11.3 Å². The highest BCUT2D eigenvalue weighted by Gasteiger charge is 2.62. The van der Waals surface area contributed by atoms with Crippen LogP contribution in [0.4, 0.5) is 4.39 Å². The second-order valence-electron chi connectivity index (χ2n) is 8.19. The Morgan fingerprint density at radius 2 is 2.10 bits per heavy atom. The van der Waals surface area contributed by atoms with Crippen molar-refractivity contribution in [3.63, 3.8) is 0 Å². The van der Waals surface area contributed by atoms with Crippen LogP contribution in [-0.4, -0.2) is 24.0 Å². The normalized spacial score (nSPS) is 29.6. The van der Waals surface area contributed by atoms with Crippen molar-refractivity contribution in [1.82, 2.24) is 10.6 Å². The van der Waals surface area contributed by atoms with Gasteiger partial charge in [0.15, 0.2) is 0 Å². The van der Waals surface area contributed by atoms with Gasteiger partial charge in [-0.2, -0.15) is 10.5 Å². The van der Waals surface area contributed by atoms with E-state index in [1.165, 1.54) is 23.8 Å². The number of piperidine rings is 1. The van der Waals surface area contributed by atoms with Crippen LogP contribution >= 0.6 is 11.3 Å². The van der Waals surface area contributed by atoms with Gasteiger partial charge in [-0.05, 0) is 59.9 Å². The smallest absolute Gasteiger partial charge is 0.238 e. The number of hydrogen-bond acceptors (Lipinski definition) is 5. The molecule has 2 heterocycles. The third kappa shape index (κ3) is 3.21. The molecule has 0 radical (unpaired) electrons. The number of carbonyl (C=O) groups is 1. The number of halogens is 1. The molecule has 1 amide bonds. The minimum atomic E-state index is -0.772. The number of amides is 1. The minimum absolute atomic E-state index is 0.120. The summed E-state index contributed by atoms with van der Waals surface area (Å²) in [6, 6.07) is 12.0. The number of benzene rings is 1. The van der Waals surface area contributed by atoms with Crippen LogP contribution in [0.1, 0.15) is 23.3 Å². The second-order valence-corrected chi connectivity index (χ2v) is 9.27. The molecular formula is C22H19FN4OS. The summed E-state index contributed by atoms with van der Waals surface area (Å²) in [6.45, 7) is 0. The van der Waals surface area contributed by atoms with Crippen molar-refractivity contribution in [3.8, 4) is 22.6 Å². The number of nitriles is 2. The van der Waals surface area contributed by atoms with Gasteiger partial charge in [-0.1, -0.05) is 12.1 Å². The van der Waals surface area contributed by atoms with Crippen LogP contribution in [0, 0.1) is 46.2 Å². The Labute approximate surface area is 172 Å². The van der Waals surface area contributed by atoms with E-state index in [1.54, 1.807) is 24.3 Å². The van der Waals surface area contributed by atoms with Gasteiger partial charge >= 0.3 is 0 Å². The molecule has 3 fully saturated rings. The van der Waals surface area contributed by atoms with Crippen molar-refractivity contribution in [1.29, 1.82) is 10.5 Å². The first kappa shape index (κ1) is 18.3. The van der Waals surface area contributed by atoms with Crippen LogP contribution in [0.5, 0.6) is 0 Å². The Balaban J connectivity index is 1.25. The number of rotatable bonds is 5. The fourth-order valence-electron chi connectivity index (χ4n) is 5.06. The van der Waals surface area contributed by atoms with E-state index in [0.29, 0.717) is 33.9 Å². The zero-order valence-electron chi connectivity index (χ0n) is 15.6. The number of thiophene rings is 1. The summed E-state index contributed by atoms with van der Waals surface area (Å²) in [7, 11) is 0. The molecule has 2 aromatic rings. The Morgan fingerprint density at radius 1 is 1.24 bits per heavy atom. The van der Waals surface area contributed by atoms with Crippen LogP contribution in [0.25, 0.3) is 10.4 Å². The number of carbonyl (C=O) groups excluding carboxylic acids is 1. The third-order valence-electron chi connectivity index (χ3n) is 6.54. The maximum Gasteiger partial charge on any atom is 0.238 e. The average Bonchev–Trinajstić information content (AvgIpc) is 3.09.